The second-order valence-corrected chi connectivity index (χ2v) is 8.13. The number of benzene rings is 3. The lowest BCUT2D eigenvalue weighted by Gasteiger charge is -2.38. The zero-order valence-electron chi connectivity index (χ0n) is 17.9. The summed E-state index contributed by atoms with van der Waals surface area (Å²) in [6.07, 6.45) is -1.43. The van der Waals surface area contributed by atoms with Crippen LogP contribution in [0, 0.1) is 0 Å². The maximum Gasteiger partial charge on any atom is 0.298 e. The van der Waals surface area contributed by atoms with Gasteiger partial charge in [-0.1, -0.05) is 91.0 Å². The lowest BCUT2D eigenvalue weighted by Crippen LogP contribution is -2.46. The number of rotatable bonds is 9. The number of ether oxygens (including phenoxy) is 3. The Morgan fingerprint density at radius 2 is 1.31 bits per heavy atom. The third kappa shape index (κ3) is 6.00. The molecule has 32 heavy (non-hydrogen) atoms. The molecule has 3 unspecified atom stereocenters. The van der Waals surface area contributed by atoms with Crippen LogP contribution in [0.2, 0.25) is 0 Å². The fourth-order valence-electron chi connectivity index (χ4n) is 3.97. The Kier molecular flexibility index (Phi) is 7.63. The highest BCUT2D eigenvalue weighted by Gasteiger charge is 2.47. The molecule has 0 bridgehead atoms. The molecule has 0 saturated carbocycles. The summed E-state index contributed by atoms with van der Waals surface area (Å²) in [5.74, 6) is -3.12. The topological polar surface area (TPSA) is 27.7 Å². The first kappa shape index (κ1) is 22.6. The smallest absolute Gasteiger partial charge is 0.298 e. The summed E-state index contributed by atoms with van der Waals surface area (Å²) in [6.45, 7) is 1.03. The number of hydrogen-bond donors (Lipinski definition) is 0. The molecule has 5 heteroatoms. The lowest BCUT2D eigenvalue weighted by atomic mass is 9.93. The highest BCUT2D eigenvalue weighted by atomic mass is 19.3. The van der Waals surface area contributed by atoms with Gasteiger partial charge in [0.05, 0.1) is 32.0 Å². The van der Waals surface area contributed by atoms with Crippen molar-refractivity contribution in [2.45, 2.75) is 50.3 Å². The fraction of sp³-hybridized carbons (Fsp3) is 0.333. The minimum absolute atomic E-state index is 0.0438. The monoisotopic (exact) mass is 438 g/mol. The maximum absolute atomic E-state index is 15.3. The molecule has 3 aromatic rings. The third-order valence-corrected chi connectivity index (χ3v) is 5.67. The van der Waals surface area contributed by atoms with Crippen LogP contribution >= 0.6 is 0 Å². The summed E-state index contributed by atoms with van der Waals surface area (Å²) in [4.78, 5) is 0. The predicted octanol–water partition coefficient (Wildman–Crippen LogP) is 6.13. The van der Waals surface area contributed by atoms with Crippen LogP contribution < -0.4 is 0 Å². The van der Waals surface area contributed by atoms with Gasteiger partial charge in [-0.25, -0.2) is 0 Å². The van der Waals surface area contributed by atoms with E-state index in [1.54, 1.807) is 18.2 Å². The van der Waals surface area contributed by atoms with Crippen molar-refractivity contribution in [3.63, 3.8) is 0 Å². The van der Waals surface area contributed by atoms with Gasteiger partial charge in [0, 0.05) is 18.4 Å². The molecule has 1 aliphatic rings. The van der Waals surface area contributed by atoms with E-state index in [-0.39, 0.29) is 24.7 Å². The molecule has 3 nitrogen and oxygen atoms in total. The van der Waals surface area contributed by atoms with Crippen molar-refractivity contribution >= 4 is 0 Å². The summed E-state index contributed by atoms with van der Waals surface area (Å²) in [5.41, 5.74) is 2.01. The van der Waals surface area contributed by atoms with Crippen LogP contribution in [0.4, 0.5) is 8.78 Å². The Balaban J connectivity index is 1.43. The van der Waals surface area contributed by atoms with Crippen LogP contribution in [0.15, 0.2) is 91.0 Å². The van der Waals surface area contributed by atoms with E-state index < -0.39 is 18.1 Å². The van der Waals surface area contributed by atoms with Crippen molar-refractivity contribution in [1.82, 2.24) is 0 Å². The van der Waals surface area contributed by atoms with E-state index in [2.05, 4.69) is 0 Å². The molecule has 1 aliphatic heterocycles. The molecule has 0 N–H and O–H groups in total. The van der Waals surface area contributed by atoms with Crippen LogP contribution in [0.1, 0.15) is 29.5 Å². The highest BCUT2D eigenvalue weighted by molar-refractivity contribution is 5.22. The van der Waals surface area contributed by atoms with Gasteiger partial charge in [0.1, 0.15) is 6.10 Å². The molecule has 3 aromatic carbocycles. The summed E-state index contributed by atoms with van der Waals surface area (Å²) >= 11 is 0. The van der Waals surface area contributed by atoms with Gasteiger partial charge in [0.2, 0.25) is 0 Å². The second kappa shape index (κ2) is 10.8. The first-order valence-electron chi connectivity index (χ1n) is 11.0. The van der Waals surface area contributed by atoms with Crippen molar-refractivity contribution < 1.29 is 23.0 Å². The summed E-state index contributed by atoms with van der Waals surface area (Å²) in [7, 11) is 0. The normalized spacial score (nSPS) is 21.4. The molecular weight excluding hydrogens is 410 g/mol. The first-order chi connectivity index (χ1) is 15.6. The molecule has 1 saturated heterocycles. The Morgan fingerprint density at radius 1 is 0.750 bits per heavy atom. The molecule has 0 amide bonds. The van der Waals surface area contributed by atoms with E-state index in [0.717, 1.165) is 11.1 Å². The number of alkyl halides is 2. The predicted molar refractivity (Wildman–Crippen MR) is 119 cm³/mol. The maximum atomic E-state index is 15.3. The molecule has 1 heterocycles. The largest absolute Gasteiger partial charge is 0.374 e. The quantitative estimate of drug-likeness (QED) is 0.402. The van der Waals surface area contributed by atoms with Gasteiger partial charge in [-0.15, -0.1) is 0 Å². The Labute approximate surface area is 187 Å². The van der Waals surface area contributed by atoms with Crippen molar-refractivity contribution in [3.05, 3.63) is 108 Å². The third-order valence-electron chi connectivity index (χ3n) is 5.67. The number of hydrogen-bond acceptors (Lipinski definition) is 3. The highest BCUT2D eigenvalue weighted by Crippen LogP contribution is 2.40. The van der Waals surface area contributed by atoms with Gasteiger partial charge >= 0.3 is 0 Å². The minimum Gasteiger partial charge on any atom is -0.374 e. The zero-order valence-corrected chi connectivity index (χ0v) is 17.9. The molecule has 4 rings (SSSR count). The average molecular weight is 439 g/mol. The van der Waals surface area contributed by atoms with E-state index in [9.17, 15) is 0 Å². The van der Waals surface area contributed by atoms with Crippen LogP contribution in [-0.4, -0.2) is 24.9 Å². The molecular formula is C27H28F2O3. The zero-order chi connectivity index (χ0) is 22.2. The van der Waals surface area contributed by atoms with Crippen LogP contribution in [0.5, 0.6) is 0 Å². The summed E-state index contributed by atoms with van der Waals surface area (Å²) in [5, 5.41) is 0. The standard InChI is InChI=1S/C27H28F2O3/c28-27(29,23-14-8-3-9-15-23)26-17-24(31-19-22-12-6-2-7-13-22)16-25(32-26)20-30-18-21-10-4-1-5-11-21/h1-15,24-26H,16-20H2. The molecule has 0 radical (unpaired) electrons. The first-order valence-corrected chi connectivity index (χ1v) is 11.0. The second-order valence-electron chi connectivity index (χ2n) is 8.13. The van der Waals surface area contributed by atoms with Crippen molar-refractivity contribution in [2.75, 3.05) is 6.61 Å². The van der Waals surface area contributed by atoms with E-state index >= 15 is 8.78 Å². The summed E-state index contributed by atoms with van der Waals surface area (Å²) in [6, 6.07) is 27.4. The number of halogens is 2. The molecule has 168 valence electrons. The van der Waals surface area contributed by atoms with Crippen LogP contribution in [-0.2, 0) is 33.3 Å². The van der Waals surface area contributed by atoms with Gasteiger partial charge in [0.15, 0.2) is 0 Å². The van der Waals surface area contributed by atoms with Crippen molar-refractivity contribution in [1.29, 1.82) is 0 Å². The molecule has 0 spiro atoms. The van der Waals surface area contributed by atoms with Gasteiger partial charge in [0.25, 0.3) is 5.92 Å². The lowest BCUT2D eigenvalue weighted by molar-refractivity contribution is -0.219. The van der Waals surface area contributed by atoms with Crippen LogP contribution in [0.3, 0.4) is 0 Å². The average Bonchev–Trinajstić information content (AvgIpc) is 2.84. The van der Waals surface area contributed by atoms with E-state index in [4.69, 9.17) is 14.2 Å². The van der Waals surface area contributed by atoms with E-state index in [1.807, 2.05) is 60.7 Å². The molecule has 0 aliphatic carbocycles. The van der Waals surface area contributed by atoms with Crippen LogP contribution in [0.25, 0.3) is 0 Å². The SMILES string of the molecule is FC(F)(c1ccccc1)C1CC(OCc2ccccc2)CC(COCc2ccccc2)O1. The van der Waals surface area contributed by atoms with Gasteiger partial charge in [-0.3, -0.25) is 0 Å². The Morgan fingerprint density at radius 3 is 1.94 bits per heavy atom. The van der Waals surface area contributed by atoms with Gasteiger partial charge < -0.3 is 14.2 Å². The van der Waals surface area contributed by atoms with E-state index in [1.165, 1.54) is 12.1 Å². The molecule has 3 atom stereocenters. The fourth-order valence-corrected chi connectivity index (χ4v) is 3.97. The molecule has 1 fully saturated rings. The van der Waals surface area contributed by atoms with Crippen molar-refractivity contribution in [3.8, 4) is 0 Å². The van der Waals surface area contributed by atoms with Gasteiger partial charge in [-0.05, 0) is 11.1 Å². The Hall–Kier alpha value is -2.60. The summed E-state index contributed by atoms with van der Waals surface area (Å²) < 4.78 is 48.4. The minimum atomic E-state index is -3.12. The van der Waals surface area contributed by atoms with Crippen molar-refractivity contribution in [2.24, 2.45) is 0 Å². The van der Waals surface area contributed by atoms with E-state index in [0.29, 0.717) is 19.6 Å². The Bertz CT molecular complexity index is 935. The molecule has 0 aromatic heterocycles. The van der Waals surface area contributed by atoms with Gasteiger partial charge in [-0.2, -0.15) is 8.78 Å².